The van der Waals surface area contributed by atoms with E-state index in [9.17, 15) is 9.18 Å². The average Bonchev–Trinajstić information content (AvgIpc) is 2.71. The summed E-state index contributed by atoms with van der Waals surface area (Å²) in [4.78, 5) is 10.7. The molecule has 0 unspecified atom stereocenters. The van der Waals surface area contributed by atoms with Crippen molar-refractivity contribution in [3.63, 3.8) is 0 Å². The molecule has 0 aromatic heterocycles. The molecular formula is C25H25FO2. The van der Waals surface area contributed by atoms with E-state index >= 15 is 0 Å². The summed E-state index contributed by atoms with van der Waals surface area (Å²) in [7, 11) is 0. The average molecular weight is 376 g/mol. The number of ether oxygens (including phenoxy) is 1. The van der Waals surface area contributed by atoms with Crippen molar-refractivity contribution in [3.8, 4) is 5.75 Å². The van der Waals surface area contributed by atoms with Crippen LogP contribution in [0.2, 0.25) is 0 Å². The molecule has 0 spiro atoms. The third-order valence-electron chi connectivity index (χ3n) is 5.11. The number of carbonyl (C=O) groups is 1. The summed E-state index contributed by atoms with van der Waals surface area (Å²) in [5.41, 5.74) is 5.31. The minimum atomic E-state index is -0.210. The molecule has 144 valence electrons. The molecule has 3 aromatic rings. The number of benzene rings is 3. The van der Waals surface area contributed by atoms with Gasteiger partial charge in [0.2, 0.25) is 0 Å². The summed E-state index contributed by atoms with van der Waals surface area (Å²) in [5, 5.41) is 0. The van der Waals surface area contributed by atoms with Gasteiger partial charge in [-0.3, -0.25) is 4.79 Å². The van der Waals surface area contributed by atoms with Crippen LogP contribution >= 0.6 is 0 Å². The first-order valence-electron chi connectivity index (χ1n) is 9.57. The summed E-state index contributed by atoms with van der Waals surface area (Å²) in [6, 6.07) is 20.4. The van der Waals surface area contributed by atoms with E-state index in [1.807, 2.05) is 6.07 Å². The first-order valence-corrected chi connectivity index (χ1v) is 9.57. The maximum absolute atomic E-state index is 13.8. The lowest BCUT2D eigenvalue weighted by Gasteiger charge is -2.19. The highest BCUT2D eigenvalue weighted by atomic mass is 19.1. The molecule has 1 atom stereocenters. The number of halogens is 1. The molecule has 3 rings (SSSR count). The lowest BCUT2D eigenvalue weighted by Crippen LogP contribution is -2.06. The summed E-state index contributed by atoms with van der Waals surface area (Å²) >= 11 is 0. The first kappa shape index (κ1) is 19.8. The van der Waals surface area contributed by atoms with Crippen molar-refractivity contribution in [3.05, 3.63) is 100 Å². The van der Waals surface area contributed by atoms with Crippen molar-refractivity contribution in [1.82, 2.24) is 0 Å². The molecule has 0 aliphatic heterocycles. The second-order valence-electron chi connectivity index (χ2n) is 7.13. The number of aryl methyl sites for hydroxylation is 2. The van der Waals surface area contributed by atoms with Crippen molar-refractivity contribution in [2.24, 2.45) is 0 Å². The van der Waals surface area contributed by atoms with E-state index in [1.165, 1.54) is 22.8 Å². The summed E-state index contributed by atoms with van der Waals surface area (Å²) in [5.74, 6) is 0.660. The number of rotatable bonds is 8. The van der Waals surface area contributed by atoms with Gasteiger partial charge in [-0.25, -0.2) is 4.39 Å². The molecule has 0 heterocycles. The van der Waals surface area contributed by atoms with Crippen LogP contribution in [0.4, 0.5) is 4.39 Å². The number of hydrogen-bond donors (Lipinski definition) is 0. The molecule has 0 bridgehead atoms. The Labute approximate surface area is 166 Å². The van der Waals surface area contributed by atoms with Crippen molar-refractivity contribution >= 4 is 6.29 Å². The van der Waals surface area contributed by atoms with Crippen molar-refractivity contribution in [2.45, 2.75) is 32.6 Å². The highest BCUT2D eigenvalue weighted by molar-refractivity contribution is 5.74. The molecule has 0 aliphatic carbocycles. The van der Waals surface area contributed by atoms with Gasteiger partial charge in [-0.05, 0) is 85.3 Å². The van der Waals surface area contributed by atoms with Crippen LogP contribution < -0.4 is 4.74 Å². The number of aldehydes is 1. The van der Waals surface area contributed by atoms with E-state index in [-0.39, 0.29) is 11.7 Å². The Balaban J connectivity index is 1.70. The standard InChI is InChI=1S/C25H25FO2/c1-18-8-11-22(15-19(18)2)25(21-5-3-6-23(26)16-21)7-4-14-28-24-12-9-20(17-27)10-13-24/h3,5-6,8-13,15-17,25H,4,7,14H2,1-2H3/t25-/m0/s1. The van der Waals surface area contributed by atoms with Gasteiger partial charge < -0.3 is 4.74 Å². The van der Waals surface area contributed by atoms with Crippen LogP contribution in [0.25, 0.3) is 0 Å². The van der Waals surface area contributed by atoms with E-state index in [0.717, 1.165) is 30.4 Å². The van der Waals surface area contributed by atoms with Crippen molar-refractivity contribution < 1.29 is 13.9 Å². The quantitative estimate of drug-likeness (QED) is 0.343. The van der Waals surface area contributed by atoms with Gasteiger partial charge in [0.05, 0.1) is 6.61 Å². The zero-order valence-corrected chi connectivity index (χ0v) is 16.3. The Kier molecular flexibility index (Phi) is 6.59. The van der Waals surface area contributed by atoms with Gasteiger partial charge in [0, 0.05) is 11.5 Å². The van der Waals surface area contributed by atoms with Crippen LogP contribution in [0.15, 0.2) is 66.7 Å². The SMILES string of the molecule is Cc1ccc([C@@H](CCCOc2ccc(C=O)cc2)c2cccc(F)c2)cc1C. The fourth-order valence-corrected chi connectivity index (χ4v) is 3.35. The minimum absolute atomic E-state index is 0.121. The third kappa shape index (κ3) is 5.07. The van der Waals surface area contributed by atoms with Crippen LogP contribution in [0, 0.1) is 19.7 Å². The maximum atomic E-state index is 13.8. The smallest absolute Gasteiger partial charge is 0.150 e. The second-order valence-corrected chi connectivity index (χ2v) is 7.13. The Bertz CT molecular complexity index is 932. The van der Waals surface area contributed by atoms with Gasteiger partial charge >= 0.3 is 0 Å². The van der Waals surface area contributed by atoms with E-state index in [0.29, 0.717) is 12.2 Å². The lowest BCUT2D eigenvalue weighted by atomic mass is 9.86. The van der Waals surface area contributed by atoms with Crippen LogP contribution in [0.5, 0.6) is 5.75 Å². The Morgan fingerprint density at radius 3 is 2.36 bits per heavy atom. The van der Waals surface area contributed by atoms with Crippen LogP contribution in [-0.2, 0) is 0 Å². The summed E-state index contributed by atoms with van der Waals surface area (Å²) < 4.78 is 19.6. The highest BCUT2D eigenvalue weighted by Crippen LogP contribution is 2.31. The van der Waals surface area contributed by atoms with Gasteiger partial charge in [0.1, 0.15) is 17.9 Å². The van der Waals surface area contributed by atoms with Gasteiger partial charge in [0.25, 0.3) is 0 Å². The van der Waals surface area contributed by atoms with E-state index in [2.05, 4.69) is 32.0 Å². The van der Waals surface area contributed by atoms with Gasteiger partial charge in [-0.2, -0.15) is 0 Å². The fourth-order valence-electron chi connectivity index (χ4n) is 3.35. The van der Waals surface area contributed by atoms with Crippen LogP contribution in [-0.4, -0.2) is 12.9 Å². The third-order valence-corrected chi connectivity index (χ3v) is 5.11. The minimum Gasteiger partial charge on any atom is -0.494 e. The zero-order valence-electron chi connectivity index (χ0n) is 16.3. The first-order chi connectivity index (χ1) is 13.6. The molecule has 0 saturated carbocycles. The van der Waals surface area contributed by atoms with Crippen molar-refractivity contribution in [2.75, 3.05) is 6.61 Å². The maximum Gasteiger partial charge on any atom is 0.150 e. The molecule has 0 saturated heterocycles. The highest BCUT2D eigenvalue weighted by Gasteiger charge is 2.15. The molecule has 3 aromatic carbocycles. The largest absolute Gasteiger partial charge is 0.494 e. The van der Waals surface area contributed by atoms with Crippen molar-refractivity contribution in [1.29, 1.82) is 0 Å². The van der Waals surface area contributed by atoms with Gasteiger partial charge in [0.15, 0.2) is 0 Å². The number of hydrogen-bond acceptors (Lipinski definition) is 2. The monoisotopic (exact) mass is 376 g/mol. The normalized spacial score (nSPS) is 11.8. The zero-order chi connectivity index (χ0) is 19.9. The number of carbonyl (C=O) groups excluding carboxylic acids is 1. The molecule has 0 N–H and O–H groups in total. The molecule has 0 amide bonds. The van der Waals surface area contributed by atoms with Gasteiger partial charge in [-0.15, -0.1) is 0 Å². The molecule has 0 fully saturated rings. The molecule has 0 radical (unpaired) electrons. The Morgan fingerprint density at radius 2 is 1.68 bits per heavy atom. The predicted molar refractivity (Wildman–Crippen MR) is 111 cm³/mol. The molecular weight excluding hydrogens is 351 g/mol. The van der Waals surface area contributed by atoms with E-state index < -0.39 is 0 Å². The summed E-state index contributed by atoms with van der Waals surface area (Å²) in [6.45, 7) is 4.77. The van der Waals surface area contributed by atoms with Gasteiger partial charge in [-0.1, -0.05) is 30.3 Å². The Morgan fingerprint density at radius 1 is 0.929 bits per heavy atom. The van der Waals surface area contributed by atoms with E-state index in [1.54, 1.807) is 36.4 Å². The van der Waals surface area contributed by atoms with E-state index in [4.69, 9.17) is 4.74 Å². The summed E-state index contributed by atoms with van der Waals surface area (Å²) in [6.07, 6.45) is 2.51. The topological polar surface area (TPSA) is 26.3 Å². The molecule has 2 nitrogen and oxygen atoms in total. The lowest BCUT2D eigenvalue weighted by molar-refractivity contribution is 0.112. The van der Waals surface area contributed by atoms with Crippen LogP contribution in [0.3, 0.4) is 0 Å². The Hall–Kier alpha value is -2.94. The van der Waals surface area contributed by atoms with Crippen LogP contribution in [0.1, 0.15) is 51.4 Å². The molecule has 0 aliphatic rings. The molecule has 3 heteroatoms. The second kappa shape index (κ2) is 9.32. The fraction of sp³-hybridized carbons (Fsp3) is 0.240. The molecule has 28 heavy (non-hydrogen) atoms. The predicted octanol–water partition coefficient (Wildman–Crippen LogP) is 6.25.